The van der Waals surface area contributed by atoms with Crippen LogP contribution in [-0.4, -0.2) is 14.9 Å². The van der Waals surface area contributed by atoms with Crippen molar-refractivity contribution < 1.29 is 9.52 Å². The number of aliphatic hydroxyl groups is 1. The van der Waals surface area contributed by atoms with Crippen LogP contribution in [0.1, 0.15) is 11.7 Å². The molecular weight excluding hydrogens is 268 g/mol. The van der Waals surface area contributed by atoms with Crippen LogP contribution in [0.5, 0.6) is 0 Å². The van der Waals surface area contributed by atoms with E-state index in [1.54, 1.807) is 12.1 Å². The minimum Gasteiger partial charge on any atom is -0.388 e. The first-order chi connectivity index (χ1) is 10.2. The Kier molecular flexibility index (Phi) is 3.66. The molecule has 3 rings (SSSR count). The van der Waals surface area contributed by atoms with Gasteiger partial charge in [0.15, 0.2) is 0 Å². The molecule has 0 amide bonds. The van der Waals surface area contributed by atoms with Gasteiger partial charge in [-0.1, -0.05) is 48.5 Å². The second kappa shape index (κ2) is 5.76. The average molecular weight is 282 g/mol. The molecule has 0 bridgehead atoms. The van der Waals surface area contributed by atoms with E-state index in [0.29, 0.717) is 0 Å². The Morgan fingerprint density at radius 1 is 1.05 bits per heavy atom. The number of aromatic nitrogens is 2. The van der Waals surface area contributed by atoms with Crippen molar-refractivity contribution >= 4 is 0 Å². The van der Waals surface area contributed by atoms with Gasteiger partial charge in [0, 0.05) is 5.56 Å². The predicted octanol–water partition coefficient (Wildman–Crippen LogP) is 2.24. The standard InChI is InChI=1S/C16H14N2O3/c19-14(12-7-3-1-4-8-12)11-18-16(20)21-15(17-18)13-9-5-2-6-10-13/h1-10,14,19H,11H2/t14-/m1/s1. The zero-order chi connectivity index (χ0) is 14.7. The zero-order valence-electron chi connectivity index (χ0n) is 11.2. The molecule has 106 valence electrons. The lowest BCUT2D eigenvalue weighted by molar-refractivity contribution is 0.148. The summed E-state index contributed by atoms with van der Waals surface area (Å²) >= 11 is 0. The summed E-state index contributed by atoms with van der Waals surface area (Å²) in [5, 5.41) is 14.3. The molecule has 0 saturated heterocycles. The van der Waals surface area contributed by atoms with Crippen LogP contribution in [0.4, 0.5) is 0 Å². The van der Waals surface area contributed by atoms with E-state index in [-0.39, 0.29) is 12.4 Å². The Balaban J connectivity index is 1.84. The number of nitrogens with zero attached hydrogens (tertiary/aromatic N) is 2. The molecule has 1 aromatic heterocycles. The average Bonchev–Trinajstić information content (AvgIpc) is 2.90. The topological polar surface area (TPSA) is 68.3 Å². The molecular formula is C16H14N2O3. The number of hydrogen-bond acceptors (Lipinski definition) is 4. The molecule has 1 N–H and O–H groups in total. The molecule has 0 aliphatic rings. The van der Waals surface area contributed by atoms with Crippen LogP contribution in [0.2, 0.25) is 0 Å². The van der Waals surface area contributed by atoms with E-state index in [1.807, 2.05) is 48.5 Å². The van der Waals surface area contributed by atoms with Crippen LogP contribution in [-0.2, 0) is 6.54 Å². The van der Waals surface area contributed by atoms with Crippen molar-refractivity contribution in [2.45, 2.75) is 12.6 Å². The van der Waals surface area contributed by atoms with Crippen molar-refractivity contribution in [3.05, 3.63) is 76.8 Å². The molecule has 3 aromatic rings. The second-order valence-electron chi connectivity index (χ2n) is 4.65. The van der Waals surface area contributed by atoms with Gasteiger partial charge in [0.25, 0.3) is 0 Å². The summed E-state index contributed by atoms with van der Waals surface area (Å²) in [5.41, 5.74) is 1.45. The lowest BCUT2D eigenvalue weighted by Crippen LogP contribution is -2.20. The number of benzene rings is 2. The summed E-state index contributed by atoms with van der Waals surface area (Å²) in [6.45, 7) is 0.0547. The SMILES string of the molecule is O=c1oc(-c2ccccc2)nn1C[C@@H](O)c1ccccc1. The lowest BCUT2D eigenvalue weighted by atomic mass is 10.1. The fourth-order valence-electron chi connectivity index (χ4n) is 2.06. The van der Waals surface area contributed by atoms with Crippen molar-refractivity contribution in [2.75, 3.05) is 0 Å². The van der Waals surface area contributed by atoms with Crippen LogP contribution in [0.15, 0.2) is 69.9 Å². The molecule has 0 spiro atoms. The van der Waals surface area contributed by atoms with Crippen molar-refractivity contribution in [3.8, 4) is 11.5 Å². The summed E-state index contributed by atoms with van der Waals surface area (Å²) in [4.78, 5) is 11.8. The molecule has 5 nitrogen and oxygen atoms in total. The Hall–Kier alpha value is -2.66. The third-order valence-electron chi connectivity index (χ3n) is 3.16. The Morgan fingerprint density at radius 2 is 1.67 bits per heavy atom. The second-order valence-corrected chi connectivity index (χ2v) is 4.65. The molecule has 2 aromatic carbocycles. The largest absolute Gasteiger partial charge is 0.437 e. The van der Waals surface area contributed by atoms with E-state index in [9.17, 15) is 9.90 Å². The van der Waals surface area contributed by atoms with Crippen LogP contribution in [0.3, 0.4) is 0 Å². The maximum Gasteiger partial charge on any atom is 0.437 e. The minimum atomic E-state index is -0.808. The maximum absolute atomic E-state index is 11.8. The summed E-state index contributed by atoms with van der Waals surface area (Å²) in [6.07, 6.45) is -0.808. The fraction of sp³-hybridized carbons (Fsp3) is 0.125. The Labute approximate surface area is 121 Å². The summed E-state index contributed by atoms with van der Waals surface area (Å²) < 4.78 is 6.26. The number of aliphatic hydroxyl groups excluding tert-OH is 1. The molecule has 1 atom stereocenters. The van der Waals surface area contributed by atoms with Crippen molar-refractivity contribution in [2.24, 2.45) is 0 Å². The molecule has 21 heavy (non-hydrogen) atoms. The first-order valence-electron chi connectivity index (χ1n) is 6.60. The molecule has 0 saturated carbocycles. The van der Waals surface area contributed by atoms with Gasteiger partial charge in [-0.05, 0) is 17.7 Å². The fourth-order valence-corrected chi connectivity index (χ4v) is 2.06. The third kappa shape index (κ3) is 2.93. The summed E-state index contributed by atoms with van der Waals surface area (Å²) in [7, 11) is 0. The molecule has 0 aliphatic heterocycles. The van der Waals surface area contributed by atoms with E-state index >= 15 is 0 Å². The molecule has 1 heterocycles. The lowest BCUT2D eigenvalue weighted by Gasteiger charge is -2.09. The summed E-state index contributed by atoms with van der Waals surface area (Å²) in [5.74, 6) is -0.329. The van der Waals surface area contributed by atoms with Gasteiger partial charge in [0.1, 0.15) is 0 Å². The first-order valence-corrected chi connectivity index (χ1v) is 6.60. The number of rotatable bonds is 4. The van der Waals surface area contributed by atoms with Gasteiger partial charge < -0.3 is 9.52 Å². The molecule has 0 aliphatic carbocycles. The summed E-state index contributed by atoms with van der Waals surface area (Å²) in [6, 6.07) is 18.3. The normalized spacial score (nSPS) is 12.2. The highest BCUT2D eigenvalue weighted by atomic mass is 16.4. The van der Waals surface area contributed by atoms with E-state index in [1.165, 1.54) is 0 Å². The first kappa shape index (κ1) is 13.3. The Morgan fingerprint density at radius 3 is 2.33 bits per heavy atom. The van der Waals surface area contributed by atoms with Crippen molar-refractivity contribution in [1.82, 2.24) is 9.78 Å². The van der Waals surface area contributed by atoms with Gasteiger partial charge in [0.05, 0.1) is 12.6 Å². The smallest absolute Gasteiger partial charge is 0.388 e. The minimum absolute atomic E-state index is 0.0547. The molecule has 0 fully saturated rings. The van der Waals surface area contributed by atoms with Gasteiger partial charge in [-0.3, -0.25) is 0 Å². The molecule has 0 radical (unpaired) electrons. The van der Waals surface area contributed by atoms with E-state index in [2.05, 4.69) is 5.10 Å². The van der Waals surface area contributed by atoms with Crippen LogP contribution < -0.4 is 5.76 Å². The van der Waals surface area contributed by atoms with Crippen molar-refractivity contribution in [3.63, 3.8) is 0 Å². The highest BCUT2D eigenvalue weighted by Crippen LogP contribution is 2.16. The van der Waals surface area contributed by atoms with Gasteiger partial charge >= 0.3 is 5.76 Å². The van der Waals surface area contributed by atoms with Gasteiger partial charge in [-0.15, -0.1) is 5.10 Å². The highest BCUT2D eigenvalue weighted by Gasteiger charge is 2.14. The van der Waals surface area contributed by atoms with E-state index in [4.69, 9.17) is 4.42 Å². The monoisotopic (exact) mass is 282 g/mol. The third-order valence-corrected chi connectivity index (χ3v) is 3.16. The van der Waals surface area contributed by atoms with Crippen LogP contribution >= 0.6 is 0 Å². The quantitative estimate of drug-likeness (QED) is 0.796. The Bertz CT molecular complexity index is 763. The van der Waals surface area contributed by atoms with Crippen LogP contribution in [0, 0.1) is 0 Å². The number of hydrogen-bond donors (Lipinski definition) is 1. The van der Waals surface area contributed by atoms with Gasteiger partial charge in [0.2, 0.25) is 5.89 Å². The van der Waals surface area contributed by atoms with E-state index < -0.39 is 11.9 Å². The molecule has 0 unspecified atom stereocenters. The molecule has 5 heteroatoms. The van der Waals surface area contributed by atoms with Crippen LogP contribution in [0.25, 0.3) is 11.5 Å². The highest BCUT2D eigenvalue weighted by molar-refractivity contribution is 5.51. The predicted molar refractivity (Wildman–Crippen MR) is 77.6 cm³/mol. The van der Waals surface area contributed by atoms with Gasteiger partial charge in [-0.2, -0.15) is 4.68 Å². The maximum atomic E-state index is 11.8. The zero-order valence-corrected chi connectivity index (χ0v) is 11.2. The van der Waals surface area contributed by atoms with E-state index in [0.717, 1.165) is 15.8 Å². The van der Waals surface area contributed by atoms with Gasteiger partial charge in [-0.25, -0.2) is 4.79 Å². The van der Waals surface area contributed by atoms with Crippen molar-refractivity contribution in [1.29, 1.82) is 0 Å².